The van der Waals surface area contributed by atoms with Gasteiger partial charge in [-0.1, -0.05) is 28.9 Å². The molecule has 23 heavy (non-hydrogen) atoms. The third-order valence-electron chi connectivity index (χ3n) is 2.80. The SMILES string of the molecule is NC(=O)c1ccc(NC(=O)CO/N=C\c2ccc(Cl)cc2)cc1. The van der Waals surface area contributed by atoms with Gasteiger partial charge in [0.25, 0.3) is 5.91 Å². The summed E-state index contributed by atoms with van der Waals surface area (Å²) in [6.45, 7) is -0.234. The molecule has 118 valence electrons. The first-order valence-electron chi connectivity index (χ1n) is 6.65. The van der Waals surface area contributed by atoms with Gasteiger partial charge in [-0.15, -0.1) is 0 Å². The second-order valence-corrected chi connectivity index (χ2v) is 4.99. The van der Waals surface area contributed by atoms with E-state index in [2.05, 4.69) is 10.5 Å². The predicted octanol–water partition coefficient (Wildman–Crippen LogP) is 2.43. The number of amides is 2. The lowest BCUT2D eigenvalue weighted by molar-refractivity contribution is -0.120. The highest BCUT2D eigenvalue weighted by Crippen LogP contribution is 2.09. The van der Waals surface area contributed by atoms with Gasteiger partial charge < -0.3 is 15.9 Å². The van der Waals surface area contributed by atoms with E-state index in [9.17, 15) is 9.59 Å². The van der Waals surface area contributed by atoms with Crippen LogP contribution in [0.1, 0.15) is 15.9 Å². The molecule has 0 heterocycles. The van der Waals surface area contributed by atoms with Crippen molar-refractivity contribution in [3.8, 4) is 0 Å². The van der Waals surface area contributed by atoms with Gasteiger partial charge in [0.15, 0.2) is 6.61 Å². The van der Waals surface area contributed by atoms with Crippen LogP contribution in [0.2, 0.25) is 5.02 Å². The number of oxime groups is 1. The Bertz CT molecular complexity index is 712. The van der Waals surface area contributed by atoms with Gasteiger partial charge in [-0.2, -0.15) is 0 Å². The molecule has 6 nitrogen and oxygen atoms in total. The van der Waals surface area contributed by atoms with Crippen LogP contribution in [0.4, 0.5) is 5.69 Å². The number of halogens is 1. The fraction of sp³-hybridized carbons (Fsp3) is 0.0625. The lowest BCUT2D eigenvalue weighted by Crippen LogP contribution is -2.17. The maximum absolute atomic E-state index is 11.7. The number of hydrogen-bond donors (Lipinski definition) is 2. The highest BCUT2D eigenvalue weighted by molar-refractivity contribution is 6.30. The molecule has 2 aromatic carbocycles. The van der Waals surface area contributed by atoms with Crippen LogP contribution >= 0.6 is 11.6 Å². The first kappa shape index (κ1) is 16.5. The van der Waals surface area contributed by atoms with Crippen molar-refractivity contribution in [3.05, 3.63) is 64.7 Å². The van der Waals surface area contributed by atoms with E-state index in [1.54, 1.807) is 36.4 Å². The van der Waals surface area contributed by atoms with Crippen LogP contribution in [0.3, 0.4) is 0 Å². The molecular weight excluding hydrogens is 318 g/mol. The molecular formula is C16H14ClN3O3. The maximum atomic E-state index is 11.7. The smallest absolute Gasteiger partial charge is 0.265 e. The summed E-state index contributed by atoms with van der Waals surface area (Å²) in [6.07, 6.45) is 1.48. The molecule has 2 aromatic rings. The lowest BCUT2D eigenvalue weighted by atomic mass is 10.2. The third kappa shape index (κ3) is 5.44. The minimum Gasteiger partial charge on any atom is -0.386 e. The first-order valence-corrected chi connectivity index (χ1v) is 7.03. The Balaban J connectivity index is 1.78. The van der Waals surface area contributed by atoms with E-state index in [0.29, 0.717) is 16.3 Å². The lowest BCUT2D eigenvalue weighted by Gasteiger charge is -2.04. The number of nitrogens with zero attached hydrogens (tertiary/aromatic N) is 1. The average Bonchev–Trinajstić information content (AvgIpc) is 2.54. The Morgan fingerprint density at radius 1 is 1.13 bits per heavy atom. The minimum atomic E-state index is -0.525. The van der Waals surface area contributed by atoms with Gasteiger partial charge in [-0.05, 0) is 42.0 Å². The standard InChI is InChI=1S/C16H14ClN3O3/c17-13-5-1-11(2-6-13)9-19-23-10-15(21)20-14-7-3-12(4-8-14)16(18)22/h1-9H,10H2,(H2,18,22)(H,20,21)/b19-9-. The van der Waals surface area contributed by atoms with Gasteiger partial charge in [-0.25, -0.2) is 0 Å². The number of nitrogens with two attached hydrogens (primary N) is 1. The molecule has 0 unspecified atom stereocenters. The molecule has 0 aliphatic rings. The van der Waals surface area contributed by atoms with Gasteiger partial charge in [0.05, 0.1) is 6.21 Å². The van der Waals surface area contributed by atoms with Crippen molar-refractivity contribution < 1.29 is 14.4 Å². The van der Waals surface area contributed by atoms with Gasteiger partial charge in [-0.3, -0.25) is 9.59 Å². The summed E-state index contributed by atoms with van der Waals surface area (Å²) in [4.78, 5) is 27.5. The number of rotatable bonds is 6. The fourth-order valence-electron chi connectivity index (χ4n) is 1.66. The van der Waals surface area contributed by atoms with E-state index in [1.165, 1.54) is 18.3 Å². The minimum absolute atomic E-state index is 0.234. The second kappa shape index (κ2) is 7.95. The molecule has 3 N–H and O–H groups in total. The molecule has 0 saturated heterocycles. The van der Waals surface area contributed by atoms with E-state index in [0.717, 1.165) is 5.56 Å². The Labute approximate surface area is 137 Å². The van der Waals surface area contributed by atoms with Crippen molar-refractivity contribution >= 4 is 35.3 Å². The number of primary amides is 1. The zero-order valence-corrected chi connectivity index (χ0v) is 12.8. The number of carbonyl (C=O) groups is 2. The van der Waals surface area contributed by atoms with Gasteiger partial charge >= 0.3 is 0 Å². The van der Waals surface area contributed by atoms with E-state index in [-0.39, 0.29) is 12.5 Å². The Morgan fingerprint density at radius 3 is 2.39 bits per heavy atom. The molecule has 0 aliphatic heterocycles. The van der Waals surface area contributed by atoms with Crippen molar-refractivity contribution in [1.29, 1.82) is 0 Å². The van der Waals surface area contributed by atoms with E-state index >= 15 is 0 Å². The first-order chi connectivity index (χ1) is 11.0. The van der Waals surface area contributed by atoms with E-state index in [4.69, 9.17) is 22.2 Å². The van der Waals surface area contributed by atoms with Gasteiger partial charge in [0.2, 0.25) is 5.91 Å². The molecule has 2 rings (SSSR count). The normalized spacial score (nSPS) is 10.5. The summed E-state index contributed by atoms with van der Waals surface area (Å²) < 4.78 is 0. The van der Waals surface area contributed by atoms with Crippen molar-refractivity contribution in [1.82, 2.24) is 0 Å². The largest absolute Gasteiger partial charge is 0.386 e. The predicted molar refractivity (Wildman–Crippen MR) is 88.6 cm³/mol. The maximum Gasteiger partial charge on any atom is 0.265 e. The summed E-state index contributed by atoms with van der Waals surface area (Å²) in [5, 5.41) is 6.94. The Morgan fingerprint density at radius 2 is 1.78 bits per heavy atom. The van der Waals surface area contributed by atoms with Gasteiger partial charge in [0.1, 0.15) is 0 Å². The second-order valence-electron chi connectivity index (χ2n) is 4.55. The molecule has 0 fully saturated rings. The van der Waals surface area contributed by atoms with Crippen LogP contribution in [-0.4, -0.2) is 24.6 Å². The molecule has 0 aliphatic carbocycles. The van der Waals surface area contributed by atoms with Crippen molar-refractivity contribution in [2.24, 2.45) is 10.9 Å². The third-order valence-corrected chi connectivity index (χ3v) is 3.05. The van der Waals surface area contributed by atoms with Crippen molar-refractivity contribution in [2.75, 3.05) is 11.9 Å². The van der Waals surface area contributed by atoms with Crippen LogP contribution in [-0.2, 0) is 9.63 Å². The monoisotopic (exact) mass is 331 g/mol. The van der Waals surface area contributed by atoms with Crippen molar-refractivity contribution in [2.45, 2.75) is 0 Å². The van der Waals surface area contributed by atoms with Gasteiger partial charge in [0, 0.05) is 16.3 Å². The number of hydrogen-bond acceptors (Lipinski definition) is 4. The van der Waals surface area contributed by atoms with Crippen LogP contribution in [0.5, 0.6) is 0 Å². The molecule has 7 heteroatoms. The summed E-state index contributed by atoms with van der Waals surface area (Å²) in [7, 11) is 0. The quantitative estimate of drug-likeness (QED) is 0.628. The summed E-state index contributed by atoms with van der Waals surface area (Å²) in [6, 6.07) is 13.2. The number of nitrogens with one attached hydrogen (secondary N) is 1. The molecule has 0 spiro atoms. The number of carbonyl (C=O) groups excluding carboxylic acids is 2. The van der Waals surface area contributed by atoms with E-state index < -0.39 is 5.91 Å². The Kier molecular flexibility index (Phi) is 5.71. The Hall–Kier alpha value is -2.86. The van der Waals surface area contributed by atoms with E-state index in [1.807, 2.05) is 0 Å². The summed E-state index contributed by atoms with van der Waals surface area (Å²) >= 11 is 5.76. The molecule has 0 saturated carbocycles. The highest BCUT2D eigenvalue weighted by Gasteiger charge is 2.04. The molecule has 0 radical (unpaired) electrons. The van der Waals surface area contributed by atoms with Crippen LogP contribution < -0.4 is 11.1 Å². The van der Waals surface area contributed by atoms with Crippen LogP contribution in [0.15, 0.2) is 53.7 Å². The summed E-state index contributed by atoms with van der Waals surface area (Å²) in [5.74, 6) is -0.896. The topological polar surface area (TPSA) is 93.8 Å². The number of anilines is 1. The average molecular weight is 332 g/mol. The zero-order chi connectivity index (χ0) is 16.7. The fourth-order valence-corrected chi connectivity index (χ4v) is 1.78. The zero-order valence-electron chi connectivity index (χ0n) is 12.0. The van der Waals surface area contributed by atoms with Crippen molar-refractivity contribution in [3.63, 3.8) is 0 Å². The summed E-state index contributed by atoms with van der Waals surface area (Å²) in [5.41, 5.74) is 6.84. The van der Waals surface area contributed by atoms with Crippen LogP contribution in [0.25, 0.3) is 0 Å². The molecule has 0 aromatic heterocycles. The van der Waals surface area contributed by atoms with Crippen LogP contribution in [0, 0.1) is 0 Å². The molecule has 0 atom stereocenters. The molecule has 0 bridgehead atoms. The highest BCUT2D eigenvalue weighted by atomic mass is 35.5. The number of benzene rings is 2. The molecule has 2 amide bonds.